The highest BCUT2D eigenvalue weighted by Gasteiger charge is 2.36. The van der Waals surface area contributed by atoms with E-state index in [1.54, 1.807) is 12.1 Å². The van der Waals surface area contributed by atoms with Crippen molar-refractivity contribution in [3.63, 3.8) is 0 Å². The van der Waals surface area contributed by atoms with Gasteiger partial charge < -0.3 is 15.5 Å². The second-order valence-corrected chi connectivity index (χ2v) is 5.65. The summed E-state index contributed by atoms with van der Waals surface area (Å²) in [6.07, 6.45) is 1.50. The second-order valence-electron chi connectivity index (χ2n) is 5.65. The molecule has 1 aromatic carbocycles. The van der Waals surface area contributed by atoms with E-state index < -0.39 is 17.6 Å². The molecule has 3 aromatic rings. The summed E-state index contributed by atoms with van der Waals surface area (Å²) < 4.78 is 32.3. The summed E-state index contributed by atoms with van der Waals surface area (Å²) in [6.45, 7) is 0. The minimum absolute atomic E-state index is 0.0220. The Hall–Kier alpha value is -3.29. The molecule has 6 nitrogen and oxygen atoms in total. The zero-order valence-corrected chi connectivity index (χ0v) is 12.8. The van der Waals surface area contributed by atoms with Gasteiger partial charge >= 0.3 is 0 Å². The van der Waals surface area contributed by atoms with Gasteiger partial charge in [-0.1, -0.05) is 6.07 Å². The lowest BCUT2D eigenvalue weighted by atomic mass is 9.96. The van der Waals surface area contributed by atoms with Crippen LogP contribution in [0.2, 0.25) is 0 Å². The van der Waals surface area contributed by atoms with Crippen molar-refractivity contribution in [2.75, 3.05) is 11.1 Å². The van der Waals surface area contributed by atoms with Crippen LogP contribution in [0.15, 0.2) is 41.0 Å². The molecule has 0 radical (unpaired) electrons. The van der Waals surface area contributed by atoms with Crippen LogP contribution in [-0.2, 0) is 11.2 Å². The van der Waals surface area contributed by atoms with Gasteiger partial charge in [-0.3, -0.25) is 4.79 Å². The summed E-state index contributed by atoms with van der Waals surface area (Å²) in [7, 11) is 0. The first-order chi connectivity index (χ1) is 12.0. The molecule has 1 aliphatic rings. The number of nitrogen functional groups attached to an aromatic ring is 1. The number of halogens is 2. The quantitative estimate of drug-likeness (QED) is 0.763. The summed E-state index contributed by atoms with van der Waals surface area (Å²) in [6, 6.07) is 6.61. The smallest absolute Gasteiger partial charge is 0.234 e. The summed E-state index contributed by atoms with van der Waals surface area (Å²) in [4.78, 5) is 20.7. The molecule has 1 aliphatic heterocycles. The molecule has 1 atom stereocenters. The van der Waals surface area contributed by atoms with Crippen LogP contribution in [0.1, 0.15) is 17.2 Å². The number of hydrogen-bond donors (Lipinski definition) is 2. The third kappa shape index (κ3) is 2.61. The van der Waals surface area contributed by atoms with Gasteiger partial charge in [-0.05, 0) is 30.2 Å². The Morgan fingerprint density at radius 3 is 2.80 bits per heavy atom. The van der Waals surface area contributed by atoms with Crippen molar-refractivity contribution in [3.05, 3.63) is 59.5 Å². The average Bonchev–Trinajstić information content (AvgIpc) is 3.18. The highest BCUT2D eigenvalue weighted by molar-refractivity contribution is 6.05. The molecule has 0 fully saturated rings. The van der Waals surface area contributed by atoms with Crippen LogP contribution in [0, 0.1) is 11.6 Å². The van der Waals surface area contributed by atoms with Gasteiger partial charge in [0.2, 0.25) is 11.9 Å². The van der Waals surface area contributed by atoms with Gasteiger partial charge in [-0.2, -0.15) is 0 Å². The highest BCUT2D eigenvalue weighted by Crippen LogP contribution is 2.40. The van der Waals surface area contributed by atoms with E-state index in [-0.39, 0.29) is 23.8 Å². The Morgan fingerprint density at radius 1 is 1.24 bits per heavy atom. The molecule has 25 heavy (non-hydrogen) atoms. The predicted octanol–water partition coefficient (Wildman–Crippen LogP) is 2.88. The Bertz CT molecular complexity index is 973. The first-order valence-electron chi connectivity index (χ1n) is 7.49. The van der Waals surface area contributed by atoms with Gasteiger partial charge in [0.05, 0.1) is 23.6 Å². The van der Waals surface area contributed by atoms with Crippen molar-refractivity contribution >= 4 is 17.5 Å². The van der Waals surface area contributed by atoms with Crippen LogP contribution in [0.3, 0.4) is 0 Å². The maximum absolute atomic E-state index is 13.9. The molecule has 0 spiro atoms. The number of carbonyl (C=O) groups is 1. The number of benzene rings is 1. The molecule has 1 unspecified atom stereocenters. The summed E-state index contributed by atoms with van der Waals surface area (Å²) in [5, 5.41) is 2.71. The third-order valence-corrected chi connectivity index (χ3v) is 4.04. The standard InChI is InChI=1S/C17H12F2N4O2/c18-9-4-3-8(11(19)7-9)6-10-13-15(21-16(10)24)14(23-17(20)22-13)12-2-1-5-25-12/h1-5,7,10H,6H2,(H,21,24)(H2,20,22,23). The molecular formula is C17H12F2N4O2. The zero-order valence-electron chi connectivity index (χ0n) is 12.8. The van der Waals surface area contributed by atoms with Crippen molar-refractivity contribution in [3.8, 4) is 11.5 Å². The molecule has 0 saturated heterocycles. The van der Waals surface area contributed by atoms with E-state index in [2.05, 4.69) is 15.3 Å². The maximum Gasteiger partial charge on any atom is 0.234 e. The molecular weight excluding hydrogens is 330 g/mol. The van der Waals surface area contributed by atoms with Crippen molar-refractivity contribution in [1.82, 2.24) is 9.97 Å². The van der Waals surface area contributed by atoms with Gasteiger partial charge in [0, 0.05) is 6.07 Å². The highest BCUT2D eigenvalue weighted by atomic mass is 19.1. The number of hydrogen-bond acceptors (Lipinski definition) is 5. The molecule has 1 amide bonds. The lowest BCUT2D eigenvalue weighted by Gasteiger charge is -2.10. The fraction of sp³-hybridized carbons (Fsp3) is 0.118. The maximum atomic E-state index is 13.9. The lowest BCUT2D eigenvalue weighted by Crippen LogP contribution is -2.15. The minimum atomic E-state index is -0.756. The molecule has 3 N–H and O–H groups in total. The van der Waals surface area contributed by atoms with E-state index >= 15 is 0 Å². The first kappa shape index (κ1) is 15.3. The normalized spacial score (nSPS) is 15.9. The number of furan rings is 1. The minimum Gasteiger partial charge on any atom is -0.463 e. The number of fused-ring (bicyclic) bond motifs is 1. The van der Waals surface area contributed by atoms with Crippen LogP contribution in [-0.4, -0.2) is 15.9 Å². The van der Waals surface area contributed by atoms with Crippen molar-refractivity contribution in [1.29, 1.82) is 0 Å². The fourth-order valence-electron chi connectivity index (χ4n) is 2.89. The number of amides is 1. The molecule has 0 saturated carbocycles. The molecule has 126 valence electrons. The molecule has 0 bridgehead atoms. The van der Waals surface area contributed by atoms with E-state index in [1.165, 1.54) is 12.3 Å². The van der Waals surface area contributed by atoms with Gasteiger partial charge in [0.1, 0.15) is 17.3 Å². The largest absolute Gasteiger partial charge is 0.463 e. The fourth-order valence-corrected chi connectivity index (χ4v) is 2.89. The topological polar surface area (TPSA) is 94.0 Å². The summed E-state index contributed by atoms with van der Waals surface area (Å²) >= 11 is 0. The van der Waals surface area contributed by atoms with Crippen LogP contribution >= 0.6 is 0 Å². The number of aromatic nitrogens is 2. The van der Waals surface area contributed by atoms with Gasteiger partial charge in [-0.15, -0.1) is 0 Å². The summed E-state index contributed by atoms with van der Waals surface area (Å²) in [5.41, 5.74) is 7.10. The summed E-state index contributed by atoms with van der Waals surface area (Å²) in [5.74, 6) is -2.09. The Morgan fingerprint density at radius 2 is 2.08 bits per heavy atom. The Labute approximate surface area is 140 Å². The van der Waals surface area contributed by atoms with Crippen LogP contribution in [0.5, 0.6) is 0 Å². The monoisotopic (exact) mass is 342 g/mol. The first-order valence-corrected chi connectivity index (χ1v) is 7.49. The SMILES string of the molecule is Nc1nc(-c2ccco2)c2c(n1)C(Cc1ccc(F)cc1F)C(=O)N2. The van der Waals surface area contributed by atoms with Crippen LogP contribution in [0.4, 0.5) is 20.4 Å². The second kappa shape index (κ2) is 5.66. The molecule has 8 heteroatoms. The number of anilines is 2. The predicted molar refractivity (Wildman–Crippen MR) is 85.6 cm³/mol. The third-order valence-electron chi connectivity index (χ3n) is 4.04. The zero-order chi connectivity index (χ0) is 17.6. The van der Waals surface area contributed by atoms with E-state index in [0.29, 0.717) is 22.8 Å². The molecule has 2 aromatic heterocycles. The molecule has 3 heterocycles. The Kier molecular flexibility index (Phi) is 3.45. The van der Waals surface area contributed by atoms with Gasteiger partial charge in [-0.25, -0.2) is 18.7 Å². The average molecular weight is 342 g/mol. The van der Waals surface area contributed by atoms with Crippen LogP contribution < -0.4 is 11.1 Å². The van der Waals surface area contributed by atoms with E-state index in [4.69, 9.17) is 10.2 Å². The number of nitrogens with one attached hydrogen (secondary N) is 1. The number of nitrogens with two attached hydrogens (primary N) is 1. The Balaban J connectivity index is 1.77. The van der Waals surface area contributed by atoms with Crippen molar-refractivity contribution in [2.24, 2.45) is 0 Å². The van der Waals surface area contributed by atoms with Crippen molar-refractivity contribution < 1.29 is 18.0 Å². The number of carbonyl (C=O) groups excluding carboxylic acids is 1. The van der Waals surface area contributed by atoms with Gasteiger partial charge in [0.15, 0.2) is 5.76 Å². The van der Waals surface area contributed by atoms with Crippen molar-refractivity contribution in [2.45, 2.75) is 12.3 Å². The number of nitrogens with zero attached hydrogens (tertiary/aromatic N) is 2. The van der Waals surface area contributed by atoms with E-state index in [0.717, 1.165) is 12.1 Å². The van der Waals surface area contributed by atoms with Crippen LogP contribution in [0.25, 0.3) is 11.5 Å². The lowest BCUT2D eigenvalue weighted by molar-refractivity contribution is -0.117. The molecule has 4 rings (SSSR count). The van der Waals surface area contributed by atoms with E-state index in [9.17, 15) is 13.6 Å². The van der Waals surface area contributed by atoms with E-state index in [1.807, 2.05) is 0 Å². The molecule has 0 aliphatic carbocycles. The van der Waals surface area contributed by atoms with Gasteiger partial charge in [0.25, 0.3) is 0 Å². The number of rotatable bonds is 3.